The number of amides is 2. The molecule has 8 nitrogen and oxygen atoms in total. The van der Waals surface area contributed by atoms with Gasteiger partial charge in [0.1, 0.15) is 11.8 Å². The van der Waals surface area contributed by atoms with E-state index in [1.165, 1.54) is 18.2 Å². The van der Waals surface area contributed by atoms with E-state index < -0.39 is 12.4 Å². The smallest absolute Gasteiger partial charge is 0.406 e. The van der Waals surface area contributed by atoms with E-state index in [0.717, 1.165) is 32.6 Å². The highest BCUT2D eigenvalue weighted by Crippen LogP contribution is 2.30. The lowest BCUT2D eigenvalue weighted by Gasteiger charge is -2.35. The largest absolute Gasteiger partial charge is 0.573 e. The standard InChI is InChI=1S/C24H34F3N5O3/c1-29-10-12-31(13-11-29)21(33)7-6-18-15-28-23(34)22-20(30(18)2)8-9-32(22)16-17-4-3-5-19(14-17)35-24(25,26)27/h3-5,14,18,20,22H,6-13,15-16H2,1-2H3,(H,28,34). The number of hydrogen-bond donors (Lipinski definition) is 1. The van der Waals surface area contributed by atoms with Crippen molar-refractivity contribution in [3.63, 3.8) is 0 Å². The maximum atomic E-state index is 13.0. The van der Waals surface area contributed by atoms with Gasteiger partial charge in [0.2, 0.25) is 11.8 Å². The first-order valence-electron chi connectivity index (χ1n) is 12.2. The number of nitrogens with one attached hydrogen (secondary N) is 1. The summed E-state index contributed by atoms with van der Waals surface area (Å²) >= 11 is 0. The number of nitrogens with zero attached hydrogens (tertiary/aromatic N) is 4. The molecule has 1 aromatic rings. The lowest BCUT2D eigenvalue weighted by molar-refractivity contribution is -0.274. The number of rotatable bonds is 6. The van der Waals surface area contributed by atoms with Gasteiger partial charge < -0.3 is 19.9 Å². The molecule has 194 valence electrons. The molecule has 0 radical (unpaired) electrons. The molecular weight excluding hydrogens is 463 g/mol. The Balaban J connectivity index is 1.36. The molecule has 2 amide bonds. The fourth-order valence-corrected chi connectivity index (χ4v) is 5.41. The third-order valence-corrected chi connectivity index (χ3v) is 7.41. The molecule has 0 aliphatic carbocycles. The summed E-state index contributed by atoms with van der Waals surface area (Å²) in [7, 11) is 4.06. The number of carbonyl (C=O) groups is 2. The van der Waals surface area contributed by atoms with Gasteiger partial charge >= 0.3 is 6.36 Å². The van der Waals surface area contributed by atoms with Crippen molar-refractivity contribution in [3.8, 4) is 5.75 Å². The molecule has 0 saturated carbocycles. The summed E-state index contributed by atoms with van der Waals surface area (Å²) in [6.07, 6.45) is -2.86. The second kappa shape index (κ2) is 10.7. The van der Waals surface area contributed by atoms with Crippen LogP contribution in [0.1, 0.15) is 24.8 Å². The summed E-state index contributed by atoms with van der Waals surface area (Å²) in [6, 6.07) is 5.53. The monoisotopic (exact) mass is 497 g/mol. The molecular formula is C24H34F3N5O3. The van der Waals surface area contributed by atoms with Crippen molar-refractivity contribution in [2.45, 2.75) is 50.3 Å². The number of benzene rings is 1. The molecule has 3 unspecified atom stereocenters. The Hall–Kier alpha value is -2.37. The van der Waals surface area contributed by atoms with Gasteiger partial charge in [0, 0.05) is 64.3 Å². The van der Waals surface area contributed by atoms with E-state index in [1.807, 2.05) is 16.8 Å². The first-order chi connectivity index (χ1) is 16.6. The molecule has 3 fully saturated rings. The van der Waals surface area contributed by atoms with Gasteiger partial charge in [-0.05, 0) is 44.6 Å². The number of likely N-dealkylation sites (N-methyl/N-ethyl adjacent to an activating group) is 2. The van der Waals surface area contributed by atoms with Gasteiger partial charge in [-0.3, -0.25) is 19.4 Å². The van der Waals surface area contributed by atoms with Crippen molar-refractivity contribution in [2.24, 2.45) is 0 Å². The highest BCUT2D eigenvalue weighted by Gasteiger charge is 2.45. The lowest BCUT2D eigenvalue weighted by atomic mass is 10.0. The van der Waals surface area contributed by atoms with Crippen LogP contribution in [0.15, 0.2) is 24.3 Å². The van der Waals surface area contributed by atoms with E-state index in [9.17, 15) is 22.8 Å². The van der Waals surface area contributed by atoms with Crippen LogP contribution in [-0.4, -0.2) is 109 Å². The summed E-state index contributed by atoms with van der Waals surface area (Å²) in [5, 5.41) is 3.04. The van der Waals surface area contributed by atoms with Gasteiger partial charge in [-0.15, -0.1) is 13.2 Å². The normalized spacial score (nSPS) is 26.8. The molecule has 3 heterocycles. The van der Waals surface area contributed by atoms with E-state index in [0.29, 0.717) is 38.0 Å². The Morgan fingerprint density at radius 2 is 1.89 bits per heavy atom. The van der Waals surface area contributed by atoms with Crippen LogP contribution in [0.5, 0.6) is 5.75 Å². The number of likely N-dealkylation sites (tertiary alicyclic amines) is 1. The second-order valence-electron chi connectivity index (χ2n) is 9.75. The number of alkyl halides is 3. The van der Waals surface area contributed by atoms with E-state index in [-0.39, 0.29) is 29.6 Å². The van der Waals surface area contributed by atoms with Crippen molar-refractivity contribution in [1.29, 1.82) is 0 Å². The van der Waals surface area contributed by atoms with Crippen molar-refractivity contribution in [1.82, 2.24) is 24.9 Å². The Morgan fingerprint density at radius 3 is 2.60 bits per heavy atom. The molecule has 3 saturated heterocycles. The predicted octanol–water partition coefficient (Wildman–Crippen LogP) is 1.51. The van der Waals surface area contributed by atoms with Gasteiger partial charge in [-0.2, -0.15) is 0 Å². The zero-order chi connectivity index (χ0) is 25.2. The summed E-state index contributed by atoms with van der Waals surface area (Å²) in [6.45, 7) is 4.75. The number of ether oxygens (including phenoxy) is 1. The SMILES string of the molecule is CN1CCN(C(=O)CCC2CNC(=O)C3C(CCN3Cc3cccc(OC(F)(F)F)c3)N2C)CC1. The average molecular weight is 498 g/mol. The number of fused-ring (bicyclic) bond motifs is 1. The molecule has 4 rings (SSSR count). The van der Waals surface area contributed by atoms with E-state index in [4.69, 9.17) is 0 Å². The molecule has 35 heavy (non-hydrogen) atoms. The summed E-state index contributed by atoms with van der Waals surface area (Å²) in [4.78, 5) is 34.1. The Morgan fingerprint density at radius 1 is 1.14 bits per heavy atom. The predicted molar refractivity (Wildman–Crippen MR) is 124 cm³/mol. The van der Waals surface area contributed by atoms with E-state index >= 15 is 0 Å². The number of piperazine rings is 1. The minimum atomic E-state index is -4.75. The minimum absolute atomic E-state index is 0.0177. The molecule has 3 aliphatic rings. The third-order valence-electron chi connectivity index (χ3n) is 7.41. The first kappa shape index (κ1) is 25.7. The number of hydrogen-bond acceptors (Lipinski definition) is 6. The van der Waals surface area contributed by atoms with Gasteiger partial charge in [0.15, 0.2) is 0 Å². The fourth-order valence-electron chi connectivity index (χ4n) is 5.41. The lowest BCUT2D eigenvalue weighted by Crippen LogP contribution is -2.50. The van der Waals surface area contributed by atoms with E-state index in [1.54, 1.807) is 6.07 Å². The van der Waals surface area contributed by atoms with Crippen LogP contribution < -0.4 is 10.1 Å². The van der Waals surface area contributed by atoms with Gasteiger partial charge in [-0.25, -0.2) is 0 Å². The van der Waals surface area contributed by atoms with Gasteiger partial charge in [0.05, 0.1) is 0 Å². The highest BCUT2D eigenvalue weighted by molar-refractivity contribution is 5.83. The van der Waals surface area contributed by atoms with Crippen LogP contribution in [0.3, 0.4) is 0 Å². The maximum Gasteiger partial charge on any atom is 0.573 e. The van der Waals surface area contributed by atoms with Gasteiger partial charge in [-0.1, -0.05) is 12.1 Å². The first-order valence-corrected chi connectivity index (χ1v) is 12.2. The molecule has 0 aromatic heterocycles. The zero-order valence-electron chi connectivity index (χ0n) is 20.3. The molecule has 1 aromatic carbocycles. The fraction of sp³-hybridized carbons (Fsp3) is 0.667. The third kappa shape index (κ3) is 6.45. The molecule has 1 N–H and O–H groups in total. The quantitative estimate of drug-likeness (QED) is 0.643. The average Bonchev–Trinajstić information content (AvgIpc) is 3.16. The number of halogens is 3. The molecule has 11 heteroatoms. The Bertz CT molecular complexity index is 907. The van der Waals surface area contributed by atoms with Crippen LogP contribution in [-0.2, 0) is 16.1 Å². The molecule has 3 aliphatic heterocycles. The van der Waals surface area contributed by atoms with Crippen LogP contribution in [0.25, 0.3) is 0 Å². The maximum absolute atomic E-state index is 13.0. The van der Waals surface area contributed by atoms with Gasteiger partial charge in [0.25, 0.3) is 0 Å². The van der Waals surface area contributed by atoms with Crippen molar-refractivity contribution in [2.75, 3.05) is 53.4 Å². The van der Waals surface area contributed by atoms with E-state index in [2.05, 4.69) is 26.9 Å². The Labute approximate surface area is 204 Å². The summed E-state index contributed by atoms with van der Waals surface area (Å²) in [5.41, 5.74) is 0.654. The van der Waals surface area contributed by atoms with Crippen molar-refractivity contribution in [3.05, 3.63) is 29.8 Å². The molecule has 0 spiro atoms. The van der Waals surface area contributed by atoms with Crippen LogP contribution in [0.4, 0.5) is 13.2 Å². The van der Waals surface area contributed by atoms with Crippen LogP contribution in [0, 0.1) is 0 Å². The highest BCUT2D eigenvalue weighted by atomic mass is 19.4. The summed E-state index contributed by atoms with van der Waals surface area (Å²) < 4.78 is 41.8. The van der Waals surface area contributed by atoms with Crippen LogP contribution in [0.2, 0.25) is 0 Å². The topological polar surface area (TPSA) is 68.4 Å². The molecule has 0 bridgehead atoms. The molecule has 3 atom stereocenters. The zero-order valence-corrected chi connectivity index (χ0v) is 20.3. The van der Waals surface area contributed by atoms with Crippen molar-refractivity contribution >= 4 is 11.8 Å². The van der Waals surface area contributed by atoms with Crippen LogP contribution >= 0.6 is 0 Å². The number of carbonyl (C=O) groups excluding carboxylic acids is 2. The minimum Gasteiger partial charge on any atom is -0.406 e. The summed E-state index contributed by atoms with van der Waals surface area (Å²) in [5.74, 6) is -0.180. The van der Waals surface area contributed by atoms with Crippen molar-refractivity contribution < 1.29 is 27.5 Å². The Kier molecular flexibility index (Phi) is 7.87. The second-order valence-corrected chi connectivity index (χ2v) is 9.75.